The van der Waals surface area contributed by atoms with Crippen LogP contribution in [0.15, 0.2) is 24.3 Å². The van der Waals surface area contributed by atoms with Gasteiger partial charge in [-0.15, -0.1) is 0 Å². The summed E-state index contributed by atoms with van der Waals surface area (Å²) in [6.07, 6.45) is 2.42. The highest BCUT2D eigenvalue weighted by atomic mass is 16.5. The van der Waals surface area contributed by atoms with Crippen LogP contribution in [-0.4, -0.2) is 31.9 Å². The van der Waals surface area contributed by atoms with Crippen molar-refractivity contribution in [2.45, 2.75) is 32.3 Å². The van der Waals surface area contributed by atoms with Crippen molar-refractivity contribution in [2.75, 3.05) is 19.8 Å². The molecule has 1 fully saturated rings. The third-order valence-electron chi connectivity index (χ3n) is 3.05. The predicted octanol–water partition coefficient (Wildman–Crippen LogP) is 2.35. The summed E-state index contributed by atoms with van der Waals surface area (Å²) >= 11 is 0. The maximum absolute atomic E-state index is 11.3. The second kappa shape index (κ2) is 7.14. The van der Waals surface area contributed by atoms with E-state index in [2.05, 4.69) is 0 Å². The quantitative estimate of drug-likeness (QED) is 0.766. The van der Waals surface area contributed by atoms with Crippen molar-refractivity contribution < 1.29 is 19.0 Å². The van der Waals surface area contributed by atoms with Gasteiger partial charge in [-0.2, -0.15) is 0 Å². The van der Waals surface area contributed by atoms with Crippen molar-refractivity contribution in [2.24, 2.45) is 0 Å². The van der Waals surface area contributed by atoms with Crippen LogP contribution in [0.1, 0.15) is 25.3 Å². The molecule has 0 spiro atoms. The zero-order valence-electron chi connectivity index (χ0n) is 11.3. The van der Waals surface area contributed by atoms with E-state index in [9.17, 15) is 4.79 Å². The molecular formula is C15H20O4. The van der Waals surface area contributed by atoms with Gasteiger partial charge in [0.15, 0.2) is 0 Å². The first-order valence-electron chi connectivity index (χ1n) is 6.77. The highest BCUT2D eigenvalue weighted by Crippen LogP contribution is 2.18. The van der Waals surface area contributed by atoms with E-state index in [1.165, 1.54) is 0 Å². The van der Waals surface area contributed by atoms with E-state index in [0.29, 0.717) is 13.0 Å². The third-order valence-corrected chi connectivity index (χ3v) is 3.05. The van der Waals surface area contributed by atoms with Gasteiger partial charge in [0, 0.05) is 12.8 Å². The average Bonchev–Trinajstić information content (AvgIpc) is 2.42. The summed E-state index contributed by atoms with van der Waals surface area (Å²) in [5.74, 6) is 0.653. The molecule has 2 rings (SSSR count). The van der Waals surface area contributed by atoms with Gasteiger partial charge in [-0.1, -0.05) is 12.1 Å². The molecule has 1 aliphatic rings. The molecule has 0 aliphatic carbocycles. The number of carbonyl (C=O) groups is 1. The van der Waals surface area contributed by atoms with Gasteiger partial charge in [-0.3, -0.25) is 4.79 Å². The van der Waals surface area contributed by atoms with Crippen LogP contribution >= 0.6 is 0 Å². The molecule has 19 heavy (non-hydrogen) atoms. The Morgan fingerprint density at radius 2 is 1.95 bits per heavy atom. The maximum atomic E-state index is 11.3. The molecule has 0 saturated carbocycles. The van der Waals surface area contributed by atoms with Crippen LogP contribution in [0.3, 0.4) is 0 Å². The second-order valence-electron chi connectivity index (χ2n) is 4.56. The molecule has 1 aromatic rings. The Kier molecular flexibility index (Phi) is 5.21. The number of hydrogen-bond donors (Lipinski definition) is 0. The number of rotatable bonds is 5. The van der Waals surface area contributed by atoms with Crippen LogP contribution in [0, 0.1) is 0 Å². The molecule has 0 atom stereocenters. The fourth-order valence-electron chi connectivity index (χ4n) is 2.05. The lowest BCUT2D eigenvalue weighted by molar-refractivity contribution is -0.142. The number of carbonyl (C=O) groups excluding carboxylic acids is 1. The third kappa shape index (κ3) is 4.56. The molecular weight excluding hydrogens is 244 g/mol. The fraction of sp³-hybridized carbons (Fsp3) is 0.533. The van der Waals surface area contributed by atoms with Gasteiger partial charge in [0.1, 0.15) is 11.9 Å². The van der Waals surface area contributed by atoms with E-state index in [1.807, 2.05) is 31.2 Å². The normalized spacial score (nSPS) is 16.1. The van der Waals surface area contributed by atoms with Gasteiger partial charge < -0.3 is 14.2 Å². The fourth-order valence-corrected chi connectivity index (χ4v) is 2.05. The molecule has 0 aromatic heterocycles. The van der Waals surface area contributed by atoms with Gasteiger partial charge in [0.2, 0.25) is 0 Å². The van der Waals surface area contributed by atoms with Crippen molar-refractivity contribution in [3.63, 3.8) is 0 Å². The lowest BCUT2D eigenvalue weighted by Crippen LogP contribution is -2.25. The molecule has 0 unspecified atom stereocenters. The van der Waals surface area contributed by atoms with E-state index < -0.39 is 0 Å². The smallest absolute Gasteiger partial charge is 0.310 e. The lowest BCUT2D eigenvalue weighted by atomic mass is 10.1. The monoisotopic (exact) mass is 264 g/mol. The zero-order chi connectivity index (χ0) is 13.5. The Morgan fingerprint density at radius 1 is 1.26 bits per heavy atom. The summed E-state index contributed by atoms with van der Waals surface area (Å²) in [5, 5.41) is 0. The highest BCUT2D eigenvalue weighted by Gasteiger charge is 2.15. The van der Waals surface area contributed by atoms with Crippen LogP contribution < -0.4 is 4.74 Å². The number of hydrogen-bond acceptors (Lipinski definition) is 4. The highest BCUT2D eigenvalue weighted by molar-refractivity contribution is 5.72. The minimum absolute atomic E-state index is 0.194. The lowest BCUT2D eigenvalue weighted by Gasteiger charge is -2.23. The first-order chi connectivity index (χ1) is 9.28. The zero-order valence-corrected chi connectivity index (χ0v) is 11.3. The first-order valence-corrected chi connectivity index (χ1v) is 6.77. The van der Waals surface area contributed by atoms with Crippen LogP contribution in [0.5, 0.6) is 5.75 Å². The minimum atomic E-state index is -0.194. The van der Waals surface area contributed by atoms with E-state index in [-0.39, 0.29) is 12.1 Å². The van der Waals surface area contributed by atoms with Crippen LogP contribution in [0.25, 0.3) is 0 Å². The average molecular weight is 264 g/mol. The molecule has 1 aromatic carbocycles. The van der Waals surface area contributed by atoms with Crippen LogP contribution in [0.4, 0.5) is 0 Å². The summed E-state index contributed by atoms with van der Waals surface area (Å²) in [6, 6.07) is 7.63. The molecule has 0 N–H and O–H groups in total. The molecule has 1 heterocycles. The number of benzene rings is 1. The minimum Gasteiger partial charge on any atom is -0.490 e. The van der Waals surface area contributed by atoms with Gasteiger partial charge in [-0.05, 0) is 24.6 Å². The van der Waals surface area contributed by atoms with Crippen molar-refractivity contribution in [1.82, 2.24) is 0 Å². The molecule has 1 saturated heterocycles. The standard InChI is InChI=1S/C15H20O4/c1-2-18-15(16)11-12-3-5-13(6-4-12)19-14-7-9-17-10-8-14/h3-6,14H,2,7-11H2,1H3. The summed E-state index contributed by atoms with van der Waals surface area (Å²) in [5.41, 5.74) is 0.942. The summed E-state index contributed by atoms with van der Waals surface area (Å²) in [7, 11) is 0. The van der Waals surface area contributed by atoms with E-state index in [1.54, 1.807) is 0 Å². The topological polar surface area (TPSA) is 44.8 Å². The summed E-state index contributed by atoms with van der Waals surface area (Å²) < 4.78 is 16.1. The van der Waals surface area contributed by atoms with Gasteiger partial charge in [0.05, 0.1) is 26.2 Å². The second-order valence-corrected chi connectivity index (χ2v) is 4.56. The van der Waals surface area contributed by atoms with E-state index in [4.69, 9.17) is 14.2 Å². The van der Waals surface area contributed by atoms with Crippen LogP contribution in [0.2, 0.25) is 0 Å². The SMILES string of the molecule is CCOC(=O)Cc1ccc(OC2CCOCC2)cc1. The Labute approximate surface area is 113 Å². The van der Waals surface area contributed by atoms with Gasteiger partial charge >= 0.3 is 5.97 Å². The number of esters is 1. The van der Waals surface area contributed by atoms with Crippen molar-refractivity contribution in [1.29, 1.82) is 0 Å². The van der Waals surface area contributed by atoms with E-state index in [0.717, 1.165) is 37.4 Å². The molecule has 4 nitrogen and oxygen atoms in total. The molecule has 0 bridgehead atoms. The maximum Gasteiger partial charge on any atom is 0.310 e. The molecule has 4 heteroatoms. The number of ether oxygens (including phenoxy) is 3. The van der Waals surface area contributed by atoms with Gasteiger partial charge in [-0.25, -0.2) is 0 Å². The van der Waals surface area contributed by atoms with Gasteiger partial charge in [0.25, 0.3) is 0 Å². The predicted molar refractivity (Wildman–Crippen MR) is 71.2 cm³/mol. The Balaban J connectivity index is 1.85. The van der Waals surface area contributed by atoms with Crippen molar-refractivity contribution >= 4 is 5.97 Å². The Bertz CT molecular complexity index is 393. The van der Waals surface area contributed by atoms with Crippen molar-refractivity contribution in [3.05, 3.63) is 29.8 Å². The molecule has 1 aliphatic heterocycles. The summed E-state index contributed by atoms with van der Waals surface area (Å²) in [4.78, 5) is 11.3. The molecule has 0 radical (unpaired) electrons. The largest absolute Gasteiger partial charge is 0.490 e. The van der Waals surface area contributed by atoms with Crippen molar-refractivity contribution in [3.8, 4) is 5.75 Å². The van der Waals surface area contributed by atoms with E-state index >= 15 is 0 Å². The molecule has 0 amide bonds. The Hall–Kier alpha value is -1.55. The van der Waals surface area contributed by atoms with Crippen LogP contribution in [-0.2, 0) is 20.7 Å². The first kappa shape index (κ1) is 13.9. The summed E-state index contributed by atoms with van der Waals surface area (Å²) in [6.45, 7) is 3.77. The Morgan fingerprint density at radius 3 is 2.58 bits per heavy atom. The molecule has 104 valence electrons.